The number of anilines is 1. The van der Waals surface area contributed by atoms with Crippen LogP contribution in [0.25, 0.3) is 5.69 Å². The van der Waals surface area contributed by atoms with Crippen LogP contribution in [0.5, 0.6) is 0 Å². The molecule has 170 valence electrons. The first-order valence-corrected chi connectivity index (χ1v) is 11.3. The lowest BCUT2D eigenvalue weighted by atomic mass is 9.57. The first-order valence-electron chi connectivity index (χ1n) is 10.9. The number of nitrogens with zero attached hydrogens (tertiary/aromatic N) is 6. The van der Waals surface area contributed by atoms with E-state index >= 15 is 0 Å². The molecule has 1 aliphatic carbocycles. The van der Waals surface area contributed by atoms with Gasteiger partial charge in [-0.3, -0.25) is 9.36 Å². The summed E-state index contributed by atoms with van der Waals surface area (Å²) < 4.78 is 28.3. The zero-order chi connectivity index (χ0) is 22.7. The Bertz CT molecular complexity index is 1230. The SMILES string of the molecule is O=C(CF)N1Cc2cc(Cl)ccc2-n2c(nnc2C2CC3(C2)CN(c2ccc(F)cn2)C3)C1. The van der Waals surface area contributed by atoms with Gasteiger partial charge in [0.2, 0.25) is 0 Å². The molecule has 10 heteroatoms. The van der Waals surface area contributed by atoms with Crippen LogP contribution in [-0.4, -0.2) is 50.3 Å². The first kappa shape index (κ1) is 20.5. The highest BCUT2D eigenvalue weighted by molar-refractivity contribution is 6.30. The Labute approximate surface area is 194 Å². The third-order valence-corrected chi connectivity index (χ3v) is 7.25. The quantitative estimate of drug-likeness (QED) is 0.584. The second-order valence-electron chi connectivity index (χ2n) is 9.26. The fraction of sp³-hybridized carbons (Fsp3) is 0.391. The van der Waals surface area contributed by atoms with Crippen LogP contribution in [0.3, 0.4) is 0 Å². The van der Waals surface area contributed by atoms with Crippen molar-refractivity contribution in [2.45, 2.75) is 31.8 Å². The summed E-state index contributed by atoms with van der Waals surface area (Å²) in [5, 5.41) is 9.43. The molecule has 2 aromatic heterocycles. The van der Waals surface area contributed by atoms with Crippen LogP contribution in [0, 0.1) is 11.2 Å². The van der Waals surface area contributed by atoms with Crippen molar-refractivity contribution in [3.05, 3.63) is 64.6 Å². The topological polar surface area (TPSA) is 67.2 Å². The van der Waals surface area contributed by atoms with E-state index in [1.807, 2.05) is 22.8 Å². The molecule has 1 saturated heterocycles. The van der Waals surface area contributed by atoms with Crippen molar-refractivity contribution in [1.29, 1.82) is 0 Å². The number of aromatic nitrogens is 4. The predicted octanol–water partition coefficient (Wildman–Crippen LogP) is 3.65. The van der Waals surface area contributed by atoms with Crippen molar-refractivity contribution in [2.24, 2.45) is 5.41 Å². The molecule has 2 fully saturated rings. The Morgan fingerprint density at radius 3 is 2.70 bits per heavy atom. The van der Waals surface area contributed by atoms with Gasteiger partial charge in [-0.25, -0.2) is 13.8 Å². The standard InChI is InChI=1S/C23H21ClF2N6O/c24-16-1-3-18-14(5-16)10-30(21(33)8-25)11-20-28-29-22(32(18)20)15-6-23(7-15)12-31(13-23)19-4-2-17(26)9-27-19/h1-5,9,15H,6-8,10-13H2. The number of benzene rings is 1. The number of pyridine rings is 1. The molecule has 0 atom stereocenters. The fourth-order valence-corrected chi connectivity index (χ4v) is 5.65. The van der Waals surface area contributed by atoms with E-state index in [1.165, 1.54) is 17.2 Å². The Morgan fingerprint density at radius 2 is 1.97 bits per heavy atom. The molecule has 2 aliphatic heterocycles. The van der Waals surface area contributed by atoms with Crippen LogP contribution in [0.2, 0.25) is 5.02 Å². The lowest BCUT2D eigenvalue weighted by Crippen LogP contribution is -2.62. The van der Waals surface area contributed by atoms with Gasteiger partial charge in [0.15, 0.2) is 12.5 Å². The van der Waals surface area contributed by atoms with Gasteiger partial charge in [-0.2, -0.15) is 0 Å². The highest BCUT2D eigenvalue weighted by atomic mass is 35.5. The van der Waals surface area contributed by atoms with E-state index < -0.39 is 12.6 Å². The molecule has 1 amide bonds. The van der Waals surface area contributed by atoms with Crippen molar-refractivity contribution < 1.29 is 13.6 Å². The number of carbonyl (C=O) groups excluding carboxylic acids is 1. The fourth-order valence-electron chi connectivity index (χ4n) is 5.46. The molecule has 1 saturated carbocycles. The van der Waals surface area contributed by atoms with Crippen LogP contribution in [0.1, 0.15) is 36.0 Å². The Kier molecular flexibility index (Phi) is 4.65. The van der Waals surface area contributed by atoms with Gasteiger partial charge in [0, 0.05) is 36.0 Å². The van der Waals surface area contributed by atoms with E-state index in [4.69, 9.17) is 11.6 Å². The molecule has 0 unspecified atom stereocenters. The average molecular weight is 471 g/mol. The first-order chi connectivity index (χ1) is 15.9. The van der Waals surface area contributed by atoms with Crippen molar-refractivity contribution in [1.82, 2.24) is 24.6 Å². The van der Waals surface area contributed by atoms with E-state index in [0.29, 0.717) is 10.8 Å². The smallest absolute Gasteiger partial charge is 0.254 e. The number of halogens is 3. The summed E-state index contributed by atoms with van der Waals surface area (Å²) in [6.07, 6.45) is 3.19. The van der Waals surface area contributed by atoms with E-state index in [1.54, 1.807) is 6.07 Å². The van der Waals surface area contributed by atoms with Crippen molar-refractivity contribution in [2.75, 3.05) is 24.7 Å². The molecule has 3 aliphatic rings. The summed E-state index contributed by atoms with van der Waals surface area (Å²) in [6, 6.07) is 8.68. The van der Waals surface area contributed by atoms with Gasteiger partial charge in [0.1, 0.15) is 17.5 Å². The minimum Gasteiger partial charge on any atom is -0.355 e. The number of alkyl halides is 1. The summed E-state index contributed by atoms with van der Waals surface area (Å²) in [7, 11) is 0. The van der Waals surface area contributed by atoms with Crippen LogP contribution >= 0.6 is 11.6 Å². The summed E-state index contributed by atoms with van der Waals surface area (Å²) in [5.41, 5.74) is 1.93. The second kappa shape index (κ2) is 7.48. The number of fused-ring (bicyclic) bond motifs is 3. The number of carbonyl (C=O) groups is 1. The highest BCUT2D eigenvalue weighted by Crippen LogP contribution is 2.56. The summed E-state index contributed by atoms with van der Waals surface area (Å²) >= 11 is 6.22. The molecule has 1 spiro atoms. The summed E-state index contributed by atoms with van der Waals surface area (Å²) in [5.74, 6) is 1.61. The molecule has 1 aromatic carbocycles. The van der Waals surface area contributed by atoms with Crippen LogP contribution < -0.4 is 4.90 Å². The summed E-state index contributed by atoms with van der Waals surface area (Å²) in [4.78, 5) is 20.0. The van der Waals surface area contributed by atoms with Crippen LogP contribution in [0.4, 0.5) is 14.6 Å². The molecule has 33 heavy (non-hydrogen) atoms. The lowest BCUT2D eigenvalue weighted by molar-refractivity contribution is -0.133. The van der Waals surface area contributed by atoms with E-state index in [-0.39, 0.29) is 30.2 Å². The zero-order valence-corrected chi connectivity index (χ0v) is 18.5. The second-order valence-corrected chi connectivity index (χ2v) is 9.70. The third-order valence-electron chi connectivity index (χ3n) is 7.01. The largest absolute Gasteiger partial charge is 0.355 e. The van der Waals surface area contributed by atoms with E-state index in [2.05, 4.69) is 20.1 Å². The maximum Gasteiger partial charge on any atom is 0.254 e. The zero-order valence-electron chi connectivity index (χ0n) is 17.7. The Hall–Kier alpha value is -3.07. The normalized spacial score (nSPS) is 18.9. The molecule has 6 rings (SSSR count). The number of hydrogen-bond acceptors (Lipinski definition) is 5. The molecule has 0 N–H and O–H groups in total. The number of amides is 1. The molecule has 0 bridgehead atoms. The van der Waals surface area contributed by atoms with Crippen LogP contribution in [-0.2, 0) is 17.9 Å². The number of rotatable bonds is 3. The maximum absolute atomic E-state index is 13.1. The Balaban J connectivity index is 1.25. The Morgan fingerprint density at radius 1 is 1.15 bits per heavy atom. The maximum atomic E-state index is 13.1. The molecule has 7 nitrogen and oxygen atoms in total. The minimum absolute atomic E-state index is 0.198. The monoisotopic (exact) mass is 470 g/mol. The van der Waals surface area contributed by atoms with Gasteiger partial charge in [-0.05, 0) is 48.7 Å². The molecular formula is C23H21ClF2N6O. The van der Waals surface area contributed by atoms with Gasteiger partial charge >= 0.3 is 0 Å². The molecule has 4 heterocycles. The summed E-state index contributed by atoms with van der Waals surface area (Å²) in [6.45, 7) is 1.18. The van der Waals surface area contributed by atoms with Crippen molar-refractivity contribution >= 4 is 23.3 Å². The van der Waals surface area contributed by atoms with Gasteiger partial charge in [-0.1, -0.05) is 11.6 Å². The van der Waals surface area contributed by atoms with Gasteiger partial charge in [0.05, 0.1) is 18.4 Å². The molecule has 3 aromatic rings. The average Bonchev–Trinajstić information content (AvgIpc) is 3.07. The van der Waals surface area contributed by atoms with Crippen molar-refractivity contribution in [3.63, 3.8) is 0 Å². The highest BCUT2D eigenvalue weighted by Gasteiger charge is 2.54. The van der Waals surface area contributed by atoms with Crippen LogP contribution in [0.15, 0.2) is 36.5 Å². The molecule has 0 radical (unpaired) electrons. The van der Waals surface area contributed by atoms with Gasteiger partial charge < -0.3 is 9.80 Å². The van der Waals surface area contributed by atoms with Gasteiger partial charge in [-0.15, -0.1) is 10.2 Å². The van der Waals surface area contributed by atoms with E-state index in [9.17, 15) is 13.6 Å². The number of hydrogen-bond donors (Lipinski definition) is 0. The minimum atomic E-state index is -1.05. The third kappa shape index (κ3) is 3.37. The lowest BCUT2D eigenvalue weighted by Gasteiger charge is -2.59. The van der Waals surface area contributed by atoms with Crippen molar-refractivity contribution in [3.8, 4) is 5.69 Å². The molecular weight excluding hydrogens is 450 g/mol. The van der Waals surface area contributed by atoms with Gasteiger partial charge in [0.25, 0.3) is 5.91 Å². The predicted molar refractivity (Wildman–Crippen MR) is 117 cm³/mol. The van der Waals surface area contributed by atoms with E-state index in [0.717, 1.165) is 48.8 Å².